The highest BCUT2D eigenvalue weighted by molar-refractivity contribution is 5.94. The maximum absolute atomic E-state index is 13.0. The van der Waals surface area contributed by atoms with E-state index in [1.54, 1.807) is 0 Å². The molecule has 1 amide bonds. The molecule has 28 heavy (non-hydrogen) atoms. The minimum absolute atomic E-state index is 0. The minimum atomic E-state index is -0.00543. The molecule has 2 heterocycles. The lowest BCUT2D eigenvalue weighted by atomic mass is 9.95. The number of hydrogen-bond acceptors (Lipinski definition) is 3. The molecule has 0 radical (unpaired) electrons. The van der Waals surface area contributed by atoms with Crippen molar-refractivity contribution >= 4 is 30.7 Å². The third-order valence-electron chi connectivity index (χ3n) is 5.66. The Hall–Kier alpha value is -1.59. The Morgan fingerprint density at radius 2 is 1.68 bits per heavy atom. The highest BCUT2D eigenvalue weighted by atomic mass is 35.5. The van der Waals surface area contributed by atoms with Gasteiger partial charge in [-0.05, 0) is 49.2 Å². The summed E-state index contributed by atoms with van der Waals surface area (Å²) < 4.78 is 0. The summed E-state index contributed by atoms with van der Waals surface area (Å²) in [6.45, 7) is 4.58. The van der Waals surface area contributed by atoms with Crippen molar-refractivity contribution in [1.29, 1.82) is 0 Å². The van der Waals surface area contributed by atoms with E-state index >= 15 is 0 Å². The van der Waals surface area contributed by atoms with Crippen molar-refractivity contribution in [2.45, 2.75) is 31.3 Å². The number of hydrogen-bond donors (Lipinski definition) is 1. The van der Waals surface area contributed by atoms with E-state index in [4.69, 9.17) is 5.73 Å². The van der Waals surface area contributed by atoms with Crippen LogP contribution in [0.3, 0.4) is 0 Å². The topological polar surface area (TPSA) is 49.6 Å². The van der Waals surface area contributed by atoms with Gasteiger partial charge < -0.3 is 10.6 Å². The molecule has 2 aliphatic heterocycles. The zero-order chi connectivity index (χ0) is 17.9. The van der Waals surface area contributed by atoms with Crippen LogP contribution in [0.1, 0.15) is 40.2 Å². The third-order valence-corrected chi connectivity index (χ3v) is 5.66. The van der Waals surface area contributed by atoms with Crippen LogP contribution in [0, 0.1) is 0 Å². The second kappa shape index (κ2) is 10.3. The predicted molar refractivity (Wildman–Crippen MR) is 119 cm³/mol. The number of carbonyl (C=O) groups excluding carboxylic acids is 1. The molecule has 2 aromatic rings. The fourth-order valence-electron chi connectivity index (χ4n) is 4.23. The molecule has 2 saturated heterocycles. The van der Waals surface area contributed by atoms with Crippen molar-refractivity contribution in [3.8, 4) is 0 Å². The van der Waals surface area contributed by atoms with Crippen LogP contribution in [0.5, 0.6) is 0 Å². The second-order valence-electron chi connectivity index (χ2n) is 7.57. The zero-order valence-corrected chi connectivity index (χ0v) is 17.6. The smallest absolute Gasteiger partial charge is 0.253 e. The van der Waals surface area contributed by atoms with Crippen molar-refractivity contribution in [3.63, 3.8) is 0 Å². The average Bonchev–Trinajstić information content (AvgIpc) is 3.32. The van der Waals surface area contributed by atoms with Crippen LogP contribution in [-0.2, 0) is 6.54 Å². The number of likely N-dealkylation sites (tertiary alicyclic amines) is 2. The van der Waals surface area contributed by atoms with E-state index in [2.05, 4.69) is 29.2 Å². The van der Waals surface area contributed by atoms with Gasteiger partial charge in [0.2, 0.25) is 0 Å². The summed E-state index contributed by atoms with van der Waals surface area (Å²) in [7, 11) is 0. The lowest BCUT2D eigenvalue weighted by molar-refractivity contribution is 0.0789. The highest BCUT2D eigenvalue weighted by Crippen LogP contribution is 2.27. The summed E-state index contributed by atoms with van der Waals surface area (Å²) in [5.41, 5.74) is 9.58. The summed E-state index contributed by atoms with van der Waals surface area (Å²) in [6.07, 6.45) is 2.57. The van der Waals surface area contributed by atoms with Crippen molar-refractivity contribution in [1.82, 2.24) is 9.80 Å². The number of halogens is 2. The molecule has 0 aromatic heterocycles. The normalized spacial score (nSPS) is 21.8. The molecule has 2 atom stereocenters. The van der Waals surface area contributed by atoms with Gasteiger partial charge in [0, 0.05) is 37.2 Å². The standard InChI is InChI=1S/C22H27N3O.2ClH/c23-21-16-25(15-20(21)18-8-2-1-3-9-18)22(26)19-10-6-7-17(13-19)14-24-11-4-5-12-24;;/h1-3,6-10,13,20-21H,4-5,11-12,14-16,23H2;2*1H/t20-,21+;;/m0../s1. The summed E-state index contributed by atoms with van der Waals surface area (Å²) >= 11 is 0. The predicted octanol–water partition coefficient (Wildman–Crippen LogP) is 3.69. The number of nitrogens with zero attached hydrogens (tertiary/aromatic N) is 2. The van der Waals surface area contributed by atoms with Crippen LogP contribution in [0.25, 0.3) is 0 Å². The summed E-state index contributed by atoms with van der Waals surface area (Å²) in [4.78, 5) is 17.4. The number of amides is 1. The SMILES string of the molecule is Cl.Cl.N[C@@H]1CN(C(=O)c2cccc(CN3CCCC3)c2)C[C@H]1c1ccccc1. The highest BCUT2D eigenvalue weighted by Gasteiger charge is 2.34. The molecule has 0 bridgehead atoms. The van der Waals surface area contributed by atoms with E-state index in [0.717, 1.165) is 25.2 Å². The number of nitrogens with two attached hydrogens (primary N) is 1. The monoisotopic (exact) mass is 421 g/mol. The number of benzene rings is 2. The van der Waals surface area contributed by atoms with Crippen LogP contribution < -0.4 is 5.73 Å². The lowest BCUT2D eigenvalue weighted by Gasteiger charge is -2.18. The Bertz CT molecular complexity index is 765. The molecule has 0 spiro atoms. The Labute approximate surface area is 179 Å². The average molecular weight is 422 g/mol. The van der Waals surface area contributed by atoms with Gasteiger partial charge in [0.15, 0.2) is 0 Å². The van der Waals surface area contributed by atoms with Crippen molar-refractivity contribution in [2.75, 3.05) is 26.2 Å². The Morgan fingerprint density at radius 3 is 2.39 bits per heavy atom. The molecule has 152 valence electrons. The van der Waals surface area contributed by atoms with E-state index < -0.39 is 0 Å². The van der Waals surface area contributed by atoms with E-state index in [9.17, 15) is 4.79 Å². The molecule has 6 heteroatoms. The maximum Gasteiger partial charge on any atom is 0.253 e. The molecule has 0 aliphatic carbocycles. The molecule has 2 N–H and O–H groups in total. The van der Waals surface area contributed by atoms with Crippen LogP contribution in [-0.4, -0.2) is 47.9 Å². The van der Waals surface area contributed by atoms with Gasteiger partial charge >= 0.3 is 0 Å². The first-order valence-corrected chi connectivity index (χ1v) is 9.62. The van der Waals surface area contributed by atoms with Gasteiger partial charge in [-0.3, -0.25) is 9.69 Å². The fraction of sp³-hybridized carbons (Fsp3) is 0.409. The quantitative estimate of drug-likeness (QED) is 0.818. The van der Waals surface area contributed by atoms with Crippen molar-refractivity contribution in [2.24, 2.45) is 5.73 Å². The third kappa shape index (κ3) is 5.06. The van der Waals surface area contributed by atoms with E-state index in [0.29, 0.717) is 13.1 Å². The Balaban J connectivity index is 0.00000140. The minimum Gasteiger partial charge on any atom is -0.336 e. The molecule has 4 rings (SSSR count). The first-order valence-electron chi connectivity index (χ1n) is 9.62. The van der Waals surface area contributed by atoms with Gasteiger partial charge in [-0.25, -0.2) is 0 Å². The largest absolute Gasteiger partial charge is 0.336 e. The van der Waals surface area contributed by atoms with Gasteiger partial charge in [-0.2, -0.15) is 0 Å². The maximum atomic E-state index is 13.0. The molecule has 2 aromatic carbocycles. The van der Waals surface area contributed by atoms with E-state index in [1.165, 1.54) is 24.0 Å². The Morgan fingerprint density at radius 1 is 0.964 bits per heavy atom. The van der Waals surface area contributed by atoms with Crippen LogP contribution in [0.15, 0.2) is 54.6 Å². The Kier molecular flexibility index (Phi) is 8.32. The zero-order valence-electron chi connectivity index (χ0n) is 16.0. The second-order valence-corrected chi connectivity index (χ2v) is 7.57. The molecule has 4 nitrogen and oxygen atoms in total. The van der Waals surface area contributed by atoms with E-state index in [-0.39, 0.29) is 42.7 Å². The van der Waals surface area contributed by atoms with E-state index in [1.807, 2.05) is 35.2 Å². The van der Waals surface area contributed by atoms with Crippen LogP contribution in [0.4, 0.5) is 0 Å². The molecule has 2 fully saturated rings. The van der Waals surface area contributed by atoms with Gasteiger partial charge in [-0.1, -0.05) is 42.5 Å². The molecule has 0 saturated carbocycles. The summed E-state index contributed by atoms with van der Waals surface area (Å²) in [5, 5.41) is 0. The van der Waals surface area contributed by atoms with Crippen molar-refractivity contribution < 1.29 is 4.79 Å². The summed E-state index contributed by atoms with van der Waals surface area (Å²) in [6, 6.07) is 18.4. The fourth-order valence-corrected chi connectivity index (χ4v) is 4.23. The lowest BCUT2D eigenvalue weighted by Crippen LogP contribution is -2.32. The van der Waals surface area contributed by atoms with Gasteiger partial charge in [0.05, 0.1) is 0 Å². The van der Waals surface area contributed by atoms with Gasteiger partial charge in [0.25, 0.3) is 5.91 Å². The van der Waals surface area contributed by atoms with Crippen LogP contribution >= 0.6 is 24.8 Å². The molecular weight excluding hydrogens is 393 g/mol. The first kappa shape index (κ1) is 22.7. The first-order chi connectivity index (χ1) is 12.7. The molecular formula is C22H29Cl2N3O. The number of rotatable bonds is 4. The molecule has 0 unspecified atom stereocenters. The molecule has 2 aliphatic rings. The van der Waals surface area contributed by atoms with Crippen LogP contribution in [0.2, 0.25) is 0 Å². The number of carbonyl (C=O) groups is 1. The van der Waals surface area contributed by atoms with Crippen molar-refractivity contribution in [3.05, 3.63) is 71.3 Å². The van der Waals surface area contributed by atoms with Gasteiger partial charge in [0.1, 0.15) is 0 Å². The summed E-state index contributed by atoms with van der Waals surface area (Å²) in [5.74, 6) is 0.315. The van der Waals surface area contributed by atoms with Gasteiger partial charge in [-0.15, -0.1) is 24.8 Å².